The monoisotopic (exact) mass is 228 g/mol. The number of ether oxygens (including phenoxy) is 1. The molecule has 0 atom stereocenters. The van der Waals surface area contributed by atoms with Gasteiger partial charge < -0.3 is 4.74 Å². The summed E-state index contributed by atoms with van der Waals surface area (Å²) in [6.07, 6.45) is 8.31. The van der Waals surface area contributed by atoms with E-state index < -0.39 is 0 Å². The molecule has 0 saturated heterocycles. The van der Waals surface area contributed by atoms with Crippen molar-refractivity contribution in [3.63, 3.8) is 0 Å². The van der Waals surface area contributed by atoms with Gasteiger partial charge in [-0.1, -0.05) is 40.5 Å². The van der Waals surface area contributed by atoms with E-state index in [2.05, 4.69) is 13.8 Å². The molecule has 0 radical (unpaired) electrons. The maximum Gasteiger partial charge on any atom is 0.303 e. The van der Waals surface area contributed by atoms with Gasteiger partial charge in [-0.15, -0.1) is 0 Å². The Morgan fingerprint density at radius 3 is 2.06 bits per heavy atom. The lowest BCUT2D eigenvalue weighted by Gasteiger charge is -2.40. The zero-order valence-electron chi connectivity index (χ0n) is 10.3. The zero-order valence-corrected chi connectivity index (χ0v) is 10.3. The fourth-order valence-electron chi connectivity index (χ4n) is 2.97. The van der Waals surface area contributed by atoms with Crippen LogP contribution in [0.4, 0.5) is 0 Å². The second-order valence-electron chi connectivity index (χ2n) is 4.70. The molecule has 1 saturated carbocycles. The second kappa shape index (κ2) is 6.93. The molecule has 2 heteroatoms. The van der Waals surface area contributed by atoms with Crippen molar-refractivity contribution in [1.29, 1.82) is 0 Å². The van der Waals surface area contributed by atoms with Crippen molar-refractivity contribution in [3.8, 4) is 0 Å². The molecule has 0 aromatic carbocycles. The summed E-state index contributed by atoms with van der Waals surface area (Å²) >= 11 is 0. The normalized spacial score (nSPS) is 17.7. The first kappa shape index (κ1) is 15.5. The fraction of sp³-hybridized carbons (Fsp3) is 0.929. The molecular weight excluding hydrogens is 200 g/mol. The molecule has 16 heavy (non-hydrogen) atoms. The van der Waals surface area contributed by atoms with Gasteiger partial charge in [0, 0.05) is 6.92 Å². The van der Waals surface area contributed by atoms with Gasteiger partial charge in [0.05, 0.1) is 0 Å². The smallest absolute Gasteiger partial charge is 0.303 e. The molecule has 2 nitrogen and oxygen atoms in total. The van der Waals surface area contributed by atoms with Crippen molar-refractivity contribution in [1.82, 2.24) is 0 Å². The van der Waals surface area contributed by atoms with Crippen molar-refractivity contribution in [2.75, 3.05) is 0 Å². The van der Waals surface area contributed by atoms with E-state index in [1.165, 1.54) is 39.0 Å². The van der Waals surface area contributed by atoms with Crippen LogP contribution in [0.3, 0.4) is 0 Å². The molecule has 0 aliphatic heterocycles. The van der Waals surface area contributed by atoms with E-state index in [0.29, 0.717) is 5.92 Å². The Labute approximate surface area is 101 Å². The van der Waals surface area contributed by atoms with Gasteiger partial charge in [0.1, 0.15) is 5.60 Å². The van der Waals surface area contributed by atoms with E-state index in [1.807, 2.05) is 0 Å². The third-order valence-electron chi connectivity index (χ3n) is 3.89. The third kappa shape index (κ3) is 3.50. The van der Waals surface area contributed by atoms with Crippen LogP contribution in [0.15, 0.2) is 0 Å². The van der Waals surface area contributed by atoms with Crippen LogP contribution in [0.5, 0.6) is 0 Å². The first-order valence-corrected chi connectivity index (χ1v) is 6.34. The number of esters is 1. The molecule has 0 heterocycles. The topological polar surface area (TPSA) is 26.3 Å². The van der Waals surface area contributed by atoms with Crippen molar-refractivity contribution < 1.29 is 9.53 Å². The van der Waals surface area contributed by atoms with Crippen LogP contribution in [0.2, 0.25) is 0 Å². The quantitative estimate of drug-likeness (QED) is 0.670. The summed E-state index contributed by atoms with van der Waals surface area (Å²) in [4.78, 5) is 11.2. The Kier molecular flexibility index (Phi) is 6.70. The summed E-state index contributed by atoms with van der Waals surface area (Å²) in [6.45, 7) is 5.81. The van der Waals surface area contributed by atoms with Crippen LogP contribution in [0, 0.1) is 5.92 Å². The average molecular weight is 228 g/mol. The lowest BCUT2D eigenvalue weighted by molar-refractivity contribution is -0.166. The van der Waals surface area contributed by atoms with Gasteiger partial charge >= 0.3 is 5.97 Å². The molecule has 0 unspecified atom stereocenters. The van der Waals surface area contributed by atoms with Crippen molar-refractivity contribution in [3.05, 3.63) is 0 Å². The van der Waals surface area contributed by atoms with Gasteiger partial charge in [0.15, 0.2) is 0 Å². The van der Waals surface area contributed by atoms with Crippen LogP contribution >= 0.6 is 0 Å². The number of hydrogen-bond acceptors (Lipinski definition) is 2. The van der Waals surface area contributed by atoms with Gasteiger partial charge in [0.2, 0.25) is 0 Å². The van der Waals surface area contributed by atoms with E-state index in [4.69, 9.17) is 4.74 Å². The molecule has 0 spiro atoms. The SMILES string of the molecule is C.CCC(CC)(OC(C)=O)C1CCCCC1. The molecule has 1 fully saturated rings. The molecule has 0 aromatic heterocycles. The van der Waals surface area contributed by atoms with Crippen molar-refractivity contribution in [2.45, 2.75) is 78.7 Å². The van der Waals surface area contributed by atoms with Gasteiger partial charge in [-0.2, -0.15) is 0 Å². The summed E-state index contributed by atoms with van der Waals surface area (Å²) in [6, 6.07) is 0. The highest BCUT2D eigenvalue weighted by atomic mass is 16.6. The third-order valence-corrected chi connectivity index (χ3v) is 3.89. The van der Waals surface area contributed by atoms with Gasteiger partial charge in [-0.3, -0.25) is 4.79 Å². The molecule has 1 aliphatic carbocycles. The number of carbonyl (C=O) groups is 1. The lowest BCUT2D eigenvalue weighted by atomic mass is 9.74. The predicted octanol–water partition coefficient (Wildman–Crippen LogP) is 4.32. The Hall–Kier alpha value is -0.530. The van der Waals surface area contributed by atoms with E-state index in [9.17, 15) is 4.79 Å². The number of hydrogen-bond donors (Lipinski definition) is 0. The first-order chi connectivity index (χ1) is 7.14. The summed E-state index contributed by atoms with van der Waals surface area (Å²) < 4.78 is 5.64. The standard InChI is InChI=1S/C13H24O2.CH4/c1-4-13(5-2,15-11(3)14)12-9-7-6-8-10-12;/h12H,4-10H2,1-3H3;1H4. The van der Waals surface area contributed by atoms with Crippen molar-refractivity contribution in [2.24, 2.45) is 5.92 Å². The summed E-state index contributed by atoms with van der Waals surface area (Å²) in [5.41, 5.74) is -0.174. The number of carbonyl (C=O) groups excluding carboxylic acids is 1. The van der Waals surface area contributed by atoms with Gasteiger partial charge in [-0.25, -0.2) is 0 Å². The summed E-state index contributed by atoms with van der Waals surface area (Å²) in [7, 11) is 0. The van der Waals surface area contributed by atoms with Crippen LogP contribution in [-0.4, -0.2) is 11.6 Å². The Morgan fingerprint density at radius 1 is 1.19 bits per heavy atom. The minimum atomic E-state index is -0.174. The Bertz CT molecular complexity index is 201. The Morgan fingerprint density at radius 2 is 1.69 bits per heavy atom. The molecular formula is C14H28O2. The molecule has 0 amide bonds. The van der Waals surface area contributed by atoms with Crippen molar-refractivity contribution >= 4 is 5.97 Å². The molecule has 0 aromatic rings. The zero-order chi connectivity index (χ0) is 11.3. The molecule has 0 bridgehead atoms. The maximum atomic E-state index is 11.2. The van der Waals surface area contributed by atoms with Gasteiger partial charge in [-0.05, 0) is 31.6 Å². The highest BCUT2D eigenvalue weighted by Gasteiger charge is 2.38. The van der Waals surface area contributed by atoms with Crippen LogP contribution in [0.25, 0.3) is 0 Å². The minimum Gasteiger partial charge on any atom is -0.459 e. The van der Waals surface area contributed by atoms with Crippen LogP contribution in [0.1, 0.15) is 73.1 Å². The highest BCUT2D eigenvalue weighted by Crippen LogP contribution is 2.39. The minimum absolute atomic E-state index is 0. The Balaban J connectivity index is 0.00000225. The van der Waals surface area contributed by atoms with Crippen LogP contribution < -0.4 is 0 Å². The second-order valence-corrected chi connectivity index (χ2v) is 4.70. The predicted molar refractivity (Wildman–Crippen MR) is 68.4 cm³/mol. The largest absolute Gasteiger partial charge is 0.459 e. The molecule has 96 valence electrons. The highest BCUT2D eigenvalue weighted by molar-refractivity contribution is 5.66. The van der Waals surface area contributed by atoms with Crippen LogP contribution in [-0.2, 0) is 9.53 Å². The maximum absolute atomic E-state index is 11.2. The van der Waals surface area contributed by atoms with E-state index in [0.717, 1.165) is 12.8 Å². The average Bonchev–Trinajstić information content (AvgIpc) is 2.27. The lowest BCUT2D eigenvalue weighted by Crippen LogP contribution is -2.42. The number of rotatable bonds is 4. The fourth-order valence-corrected chi connectivity index (χ4v) is 2.97. The van der Waals surface area contributed by atoms with Gasteiger partial charge in [0.25, 0.3) is 0 Å². The van der Waals surface area contributed by atoms with E-state index in [1.54, 1.807) is 0 Å². The first-order valence-electron chi connectivity index (χ1n) is 6.34. The summed E-state index contributed by atoms with van der Waals surface area (Å²) in [5.74, 6) is 0.467. The molecule has 0 N–H and O–H groups in total. The van der Waals surface area contributed by atoms with E-state index in [-0.39, 0.29) is 19.0 Å². The van der Waals surface area contributed by atoms with E-state index >= 15 is 0 Å². The molecule has 1 rings (SSSR count). The molecule has 1 aliphatic rings. The summed E-state index contributed by atoms with van der Waals surface area (Å²) in [5, 5.41) is 0.